The maximum Gasteiger partial charge on any atom is 0.0712 e. The number of hydrogen-bond acceptors (Lipinski definition) is 2. The van der Waals surface area contributed by atoms with E-state index in [0.29, 0.717) is 0 Å². The van der Waals surface area contributed by atoms with Gasteiger partial charge in [-0.2, -0.15) is 0 Å². The molecule has 0 unspecified atom stereocenters. The zero-order chi connectivity index (χ0) is 23.5. The highest BCUT2D eigenvalue weighted by molar-refractivity contribution is 5.96. The molecular weight excluding hydrogens is 412 g/mol. The fraction of sp³-hybridized carbons (Fsp3) is 0.188. The Morgan fingerprint density at radius 3 is 2.00 bits per heavy atom. The lowest BCUT2D eigenvalue weighted by Crippen LogP contribution is -2.23. The van der Waals surface area contributed by atoms with E-state index in [-0.39, 0.29) is 10.8 Å². The molecule has 0 radical (unpaired) electrons. The molecule has 3 heterocycles. The minimum absolute atomic E-state index is 0.187. The molecule has 0 atom stereocenters. The molecule has 6 rings (SSSR count). The maximum atomic E-state index is 5.23. The molecular formula is C32H28N2. The van der Waals surface area contributed by atoms with Gasteiger partial charge in [-0.05, 0) is 72.1 Å². The topological polar surface area (TPSA) is 25.8 Å². The van der Waals surface area contributed by atoms with Gasteiger partial charge < -0.3 is 0 Å². The molecule has 2 heteroatoms. The summed E-state index contributed by atoms with van der Waals surface area (Å²) in [4.78, 5) is 10.4. The minimum Gasteiger partial charge on any atom is -0.252 e. The summed E-state index contributed by atoms with van der Waals surface area (Å²) in [5.74, 6) is 0. The molecule has 0 saturated carbocycles. The number of benzene rings is 3. The first-order valence-corrected chi connectivity index (χ1v) is 11.9. The van der Waals surface area contributed by atoms with Crippen molar-refractivity contribution in [3.63, 3.8) is 0 Å². The smallest absolute Gasteiger partial charge is 0.0712 e. The second-order valence-corrected chi connectivity index (χ2v) is 10.4. The van der Waals surface area contributed by atoms with Gasteiger partial charge in [0.1, 0.15) is 0 Å². The summed E-state index contributed by atoms with van der Waals surface area (Å²) in [6.07, 6.45) is 0. The first kappa shape index (κ1) is 20.8. The predicted octanol–water partition coefficient (Wildman–Crippen LogP) is 7.93. The van der Waals surface area contributed by atoms with E-state index in [9.17, 15) is 0 Å². The third-order valence-electron chi connectivity index (χ3n) is 7.52. The zero-order valence-corrected chi connectivity index (χ0v) is 20.1. The van der Waals surface area contributed by atoms with Gasteiger partial charge in [-0.15, -0.1) is 0 Å². The zero-order valence-electron chi connectivity index (χ0n) is 20.1. The molecule has 2 nitrogen and oxygen atoms in total. The Kier molecular flexibility index (Phi) is 4.50. The van der Waals surface area contributed by atoms with Crippen LogP contribution in [0.1, 0.15) is 50.2 Å². The van der Waals surface area contributed by atoms with Gasteiger partial charge in [-0.25, -0.2) is 0 Å². The van der Waals surface area contributed by atoms with Crippen LogP contribution in [0.2, 0.25) is 0 Å². The third-order valence-corrected chi connectivity index (χ3v) is 7.52. The highest BCUT2D eigenvalue weighted by atomic mass is 14.8. The lowest BCUT2D eigenvalue weighted by Gasteiger charge is -2.29. The fourth-order valence-electron chi connectivity index (χ4n) is 5.12. The van der Waals surface area contributed by atoms with Gasteiger partial charge in [0.15, 0.2) is 0 Å². The van der Waals surface area contributed by atoms with Crippen LogP contribution in [0.15, 0.2) is 97.1 Å². The van der Waals surface area contributed by atoms with Crippen molar-refractivity contribution in [2.24, 2.45) is 0 Å². The van der Waals surface area contributed by atoms with Gasteiger partial charge in [0.25, 0.3) is 0 Å². The van der Waals surface area contributed by atoms with E-state index in [1.165, 1.54) is 27.5 Å². The first-order chi connectivity index (χ1) is 16.3. The van der Waals surface area contributed by atoms with Crippen molar-refractivity contribution in [1.29, 1.82) is 0 Å². The number of fused-ring (bicyclic) bond motifs is 12. The Morgan fingerprint density at radius 1 is 0.529 bits per heavy atom. The lowest BCUT2D eigenvalue weighted by molar-refractivity contribution is 0.596. The SMILES string of the molecule is CC1(C)c2cccc(c2)-c2cccc(n2)C(C)(C)c2cccc(n2)-c2cc1cc1ccccc21. The molecule has 0 spiro atoms. The molecule has 1 aliphatic rings. The number of nitrogens with zero attached hydrogens (tertiary/aromatic N) is 2. The summed E-state index contributed by atoms with van der Waals surface area (Å²) in [7, 11) is 0. The van der Waals surface area contributed by atoms with Crippen LogP contribution in [0.5, 0.6) is 0 Å². The van der Waals surface area contributed by atoms with Crippen LogP contribution in [0.25, 0.3) is 33.3 Å². The van der Waals surface area contributed by atoms with E-state index in [1.807, 2.05) is 0 Å². The van der Waals surface area contributed by atoms with Crippen LogP contribution < -0.4 is 0 Å². The third kappa shape index (κ3) is 3.17. The van der Waals surface area contributed by atoms with Crippen molar-refractivity contribution < 1.29 is 0 Å². The van der Waals surface area contributed by atoms with Crippen molar-refractivity contribution in [3.8, 4) is 22.5 Å². The molecule has 166 valence electrons. The maximum absolute atomic E-state index is 5.23. The molecule has 8 bridgehead atoms. The van der Waals surface area contributed by atoms with Crippen LogP contribution >= 0.6 is 0 Å². The van der Waals surface area contributed by atoms with Crippen molar-refractivity contribution in [2.45, 2.75) is 38.5 Å². The fourth-order valence-corrected chi connectivity index (χ4v) is 5.12. The van der Waals surface area contributed by atoms with E-state index < -0.39 is 0 Å². The molecule has 0 aliphatic carbocycles. The highest BCUT2D eigenvalue weighted by Crippen LogP contribution is 2.40. The first-order valence-electron chi connectivity index (χ1n) is 11.9. The Bertz CT molecular complexity index is 1560. The van der Waals surface area contributed by atoms with Crippen LogP contribution in [-0.2, 0) is 10.8 Å². The number of rotatable bonds is 0. The highest BCUT2D eigenvalue weighted by Gasteiger charge is 2.29. The van der Waals surface area contributed by atoms with Gasteiger partial charge in [0, 0.05) is 22.0 Å². The molecule has 1 aliphatic heterocycles. The average Bonchev–Trinajstić information content (AvgIpc) is 2.88. The summed E-state index contributed by atoms with van der Waals surface area (Å²) in [6, 6.07) is 34.9. The largest absolute Gasteiger partial charge is 0.252 e. The Hall–Kier alpha value is -3.78. The average molecular weight is 441 g/mol. The quantitative estimate of drug-likeness (QED) is 0.244. The van der Waals surface area contributed by atoms with Crippen molar-refractivity contribution in [2.75, 3.05) is 0 Å². The molecule has 0 saturated heterocycles. The van der Waals surface area contributed by atoms with E-state index in [4.69, 9.17) is 9.97 Å². The molecule has 0 N–H and O–H groups in total. The molecule has 0 amide bonds. The molecule has 5 aromatic rings. The minimum atomic E-state index is -0.333. The summed E-state index contributed by atoms with van der Waals surface area (Å²) < 4.78 is 0. The number of aromatic nitrogens is 2. The summed E-state index contributed by atoms with van der Waals surface area (Å²) in [6.45, 7) is 9.04. The van der Waals surface area contributed by atoms with E-state index >= 15 is 0 Å². The van der Waals surface area contributed by atoms with Gasteiger partial charge in [-0.1, -0.05) is 74.5 Å². The molecule has 0 fully saturated rings. The summed E-state index contributed by atoms with van der Waals surface area (Å²) >= 11 is 0. The van der Waals surface area contributed by atoms with E-state index in [1.54, 1.807) is 0 Å². The molecule has 34 heavy (non-hydrogen) atoms. The Balaban J connectivity index is 1.75. The van der Waals surface area contributed by atoms with Crippen molar-refractivity contribution in [1.82, 2.24) is 9.97 Å². The second-order valence-electron chi connectivity index (χ2n) is 10.4. The Morgan fingerprint density at radius 2 is 1.21 bits per heavy atom. The van der Waals surface area contributed by atoms with Crippen molar-refractivity contribution in [3.05, 3.63) is 120 Å². The molecule has 2 aromatic heterocycles. The standard InChI is InChI=1S/C32H28N2/c1-31(2)23-12-7-11-22(19-23)27-14-8-16-29(33-27)32(3,4)30-17-9-15-28(34-30)26-20-24(31)18-21-10-5-6-13-25(21)26/h5-20H,1-4H3. The number of hydrogen-bond donors (Lipinski definition) is 0. The molecule has 3 aromatic carbocycles. The second kappa shape index (κ2) is 7.36. The van der Waals surface area contributed by atoms with E-state index in [2.05, 4.69) is 125 Å². The monoisotopic (exact) mass is 440 g/mol. The van der Waals surface area contributed by atoms with Crippen LogP contribution in [0.4, 0.5) is 0 Å². The van der Waals surface area contributed by atoms with Crippen LogP contribution in [0.3, 0.4) is 0 Å². The Labute approximate surface area is 201 Å². The number of pyridine rings is 2. The van der Waals surface area contributed by atoms with Crippen molar-refractivity contribution >= 4 is 10.8 Å². The lowest BCUT2D eigenvalue weighted by atomic mass is 9.76. The van der Waals surface area contributed by atoms with Crippen LogP contribution in [0, 0.1) is 0 Å². The summed E-state index contributed by atoms with van der Waals surface area (Å²) in [5.41, 5.74) is 8.39. The van der Waals surface area contributed by atoms with Gasteiger partial charge in [0.05, 0.1) is 22.8 Å². The van der Waals surface area contributed by atoms with Gasteiger partial charge in [-0.3, -0.25) is 9.97 Å². The van der Waals surface area contributed by atoms with Gasteiger partial charge >= 0.3 is 0 Å². The van der Waals surface area contributed by atoms with E-state index in [0.717, 1.165) is 28.3 Å². The normalized spacial score (nSPS) is 15.5. The summed E-state index contributed by atoms with van der Waals surface area (Å²) in [5, 5.41) is 2.47. The van der Waals surface area contributed by atoms with Crippen LogP contribution in [-0.4, -0.2) is 9.97 Å². The van der Waals surface area contributed by atoms with Gasteiger partial charge in [0.2, 0.25) is 0 Å². The predicted molar refractivity (Wildman–Crippen MR) is 141 cm³/mol.